The van der Waals surface area contributed by atoms with E-state index in [1.807, 2.05) is 32.8 Å². The summed E-state index contributed by atoms with van der Waals surface area (Å²) in [6.07, 6.45) is 2.67. The van der Waals surface area contributed by atoms with Crippen molar-refractivity contribution in [3.05, 3.63) is 12.4 Å². The maximum Gasteiger partial charge on any atom is 0.246 e. The molecule has 0 spiro atoms. The van der Waals surface area contributed by atoms with Crippen LogP contribution in [-0.4, -0.2) is 67.9 Å². The van der Waals surface area contributed by atoms with E-state index in [-0.39, 0.29) is 10.9 Å². The monoisotopic (exact) mass is 301 g/mol. The Morgan fingerprint density at radius 2 is 1.85 bits per heavy atom. The molecule has 0 aliphatic carbocycles. The molecule has 0 aromatic carbocycles. The van der Waals surface area contributed by atoms with E-state index >= 15 is 0 Å². The van der Waals surface area contributed by atoms with Crippen molar-refractivity contribution >= 4 is 16.0 Å². The Morgan fingerprint density at radius 1 is 1.30 bits per heavy atom. The van der Waals surface area contributed by atoms with Crippen LogP contribution in [0.2, 0.25) is 0 Å². The third-order valence-corrected chi connectivity index (χ3v) is 4.93. The quantitative estimate of drug-likeness (QED) is 0.789. The summed E-state index contributed by atoms with van der Waals surface area (Å²) in [7, 11) is 1.95. The zero-order valence-electron chi connectivity index (χ0n) is 12.7. The second-order valence-electron chi connectivity index (χ2n) is 4.81. The van der Waals surface area contributed by atoms with Crippen molar-refractivity contribution in [1.82, 2.24) is 19.2 Å². The summed E-state index contributed by atoms with van der Waals surface area (Å²) in [5.74, 6) is 0.397. The van der Waals surface area contributed by atoms with Gasteiger partial charge in [-0.15, -0.1) is 0 Å². The molecule has 1 aromatic heterocycles. The first-order valence-corrected chi connectivity index (χ1v) is 7.93. The van der Waals surface area contributed by atoms with Crippen LogP contribution in [0, 0.1) is 0 Å². The van der Waals surface area contributed by atoms with E-state index < -0.39 is 10.0 Å². The highest BCUT2D eigenvalue weighted by molar-refractivity contribution is 7.89. The van der Waals surface area contributed by atoms with Crippen LogP contribution in [0.1, 0.15) is 13.8 Å². The second kappa shape index (κ2) is 6.96. The fourth-order valence-corrected chi connectivity index (χ4v) is 3.57. The van der Waals surface area contributed by atoms with E-state index in [2.05, 4.69) is 15.3 Å². The Labute approximate surface area is 121 Å². The zero-order chi connectivity index (χ0) is 15.3. The first-order valence-electron chi connectivity index (χ1n) is 6.49. The average Bonchev–Trinajstić information content (AvgIpc) is 2.38. The molecule has 1 rings (SSSR count). The van der Waals surface area contributed by atoms with Crippen molar-refractivity contribution in [2.75, 3.05) is 39.5 Å². The number of hydrogen-bond acceptors (Lipinski definition) is 6. The first-order chi connectivity index (χ1) is 9.32. The van der Waals surface area contributed by atoms with Crippen LogP contribution in [0.25, 0.3) is 0 Å². The second-order valence-corrected chi connectivity index (χ2v) is 6.70. The van der Waals surface area contributed by atoms with Gasteiger partial charge < -0.3 is 10.2 Å². The smallest absolute Gasteiger partial charge is 0.246 e. The van der Waals surface area contributed by atoms with Gasteiger partial charge in [0, 0.05) is 26.2 Å². The molecule has 0 amide bonds. The first kappa shape index (κ1) is 16.8. The van der Waals surface area contributed by atoms with E-state index in [0.717, 1.165) is 0 Å². The normalized spacial score (nSPS) is 13.8. The summed E-state index contributed by atoms with van der Waals surface area (Å²) in [5.41, 5.74) is 0. The molecule has 20 heavy (non-hydrogen) atoms. The topological polar surface area (TPSA) is 78.4 Å². The van der Waals surface area contributed by atoms with Crippen LogP contribution >= 0.6 is 0 Å². The van der Waals surface area contributed by atoms with Crippen LogP contribution < -0.4 is 5.32 Å². The zero-order valence-corrected chi connectivity index (χ0v) is 13.5. The molecule has 1 aromatic rings. The Morgan fingerprint density at radius 3 is 2.25 bits per heavy atom. The molecule has 1 unspecified atom stereocenters. The summed E-state index contributed by atoms with van der Waals surface area (Å²) >= 11 is 0. The predicted octanol–water partition coefficient (Wildman–Crippen LogP) is 0.479. The molecule has 0 aliphatic heterocycles. The van der Waals surface area contributed by atoms with E-state index in [4.69, 9.17) is 0 Å². The van der Waals surface area contributed by atoms with Crippen molar-refractivity contribution in [2.45, 2.75) is 24.8 Å². The maximum atomic E-state index is 12.6. The van der Waals surface area contributed by atoms with Crippen LogP contribution in [0.5, 0.6) is 0 Å². The summed E-state index contributed by atoms with van der Waals surface area (Å²) in [6, 6.07) is -0.121. The number of rotatable bonds is 7. The number of hydrogen-bond donors (Lipinski definition) is 1. The fraction of sp³-hybridized carbons (Fsp3) is 0.667. The van der Waals surface area contributed by atoms with Gasteiger partial charge in [0.25, 0.3) is 0 Å². The minimum absolute atomic E-state index is 0.115. The van der Waals surface area contributed by atoms with Gasteiger partial charge in [-0.05, 0) is 21.0 Å². The molecule has 1 heterocycles. The standard InChI is InChI=1S/C12H23N5O2S/c1-6-17(10(2)9-16(4)5)20(18,19)11-7-14-12(13-3)15-8-11/h7-8,10H,6,9H2,1-5H3,(H,13,14,15). The lowest BCUT2D eigenvalue weighted by molar-refractivity contribution is 0.271. The molecule has 0 saturated heterocycles. The fourth-order valence-electron chi connectivity index (χ4n) is 2.05. The molecule has 7 nitrogen and oxygen atoms in total. The molecule has 0 aliphatic rings. The highest BCUT2D eigenvalue weighted by atomic mass is 32.2. The lowest BCUT2D eigenvalue weighted by Gasteiger charge is -2.28. The number of likely N-dealkylation sites (N-methyl/N-ethyl adjacent to an activating group) is 2. The number of aromatic nitrogens is 2. The molecule has 114 valence electrons. The third kappa shape index (κ3) is 3.87. The van der Waals surface area contributed by atoms with Crippen molar-refractivity contribution < 1.29 is 8.42 Å². The van der Waals surface area contributed by atoms with Crippen molar-refractivity contribution in [3.63, 3.8) is 0 Å². The highest BCUT2D eigenvalue weighted by Gasteiger charge is 2.28. The van der Waals surface area contributed by atoms with Crippen LogP contribution in [0.15, 0.2) is 17.3 Å². The van der Waals surface area contributed by atoms with Gasteiger partial charge >= 0.3 is 0 Å². The number of anilines is 1. The number of nitrogens with one attached hydrogen (secondary N) is 1. The van der Waals surface area contributed by atoms with Gasteiger partial charge in [-0.2, -0.15) is 4.31 Å². The highest BCUT2D eigenvalue weighted by Crippen LogP contribution is 2.17. The molecule has 1 atom stereocenters. The van der Waals surface area contributed by atoms with Crippen LogP contribution in [-0.2, 0) is 10.0 Å². The SMILES string of the molecule is CCN(C(C)CN(C)C)S(=O)(=O)c1cnc(NC)nc1. The number of nitrogens with zero attached hydrogens (tertiary/aromatic N) is 4. The van der Waals surface area contributed by atoms with Gasteiger partial charge in [-0.1, -0.05) is 6.92 Å². The molecule has 0 radical (unpaired) electrons. The predicted molar refractivity (Wildman–Crippen MR) is 79.2 cm³/mol. The summed E-state index contributed by atoms with van der Waals surface area (Å²) in [6.45, 7) is 4.78. The van der Waals surface area contributed by atoms with Gasteiger partial charge in [-0.3, -0.25) is 0 Å². The Bertz CT molecular complexity index is 515. The van der Waals surface area contributed by atoms with Gasteiger partial charge in [-0.25, -0.2) is 18.4 Å². The Balaban J connectivity index is 3.04. The summed E-state index contributed by atoms with van der Waals surface area (Å²) in [5, 5.41) is 2.76. The van der Waals surface area contributed by atoms with Gasteiger partial charge in [0.05, 0.1) is 12.4 Å². The van der Waals surface area contributed by atoms with Crippen molar-refractivity contribution in [3.8, 4) is 0 Å². The lowest BCUT2D eigenvalue weighted by atomic mass is 10.3. The lowest BCUT2D eigenvalue weighted by Crippen LogP contribution is -2.43. The Hall–Kier alpha value is -1.25. The average molecular weight is 301 g/mol. The minimum Gasteiger partial charge on any atom is -0.357 e. The van der Waals surface area contributed by atoms with Gasteiger partial charge in [0.1, 0.15) is 4.90 Å². The van der Waals surface area contributed by atoms with E-state index in [1.165, 1.54) is 16.7 Å². The molecule has 8 heteroatoms. The summed E-state index contributed by atoms with van der Waals surface area (Å²) < 4.78 is 26.6. The van der Waals surface area contributed by atoms with E-state index in [0.29, 0.717) is 19.0 Å². The molecule has 0 saturated carbocycles. The largest absolute Gasteiger partial charge is 0.357 e. The van der Waals surface area contributed by atoms with Crippen LogP contribution in [0.3, 0.4) is 0 Å². The van der Waals surface area contributed by atoms with Gasteiger partial charge in [0.15, 0.2) is 0 Å². The molecule has 1 N–H and O–H groups in total. The molecule has 0 fully saturated rings. The third-order valence-electron chi connectivity index (χ3n) is 2.89. The Kier molecular flexibility index (Phi) is 5.85. The van der Waals surface area contributed by atoms with Crippen molar-refractivity contribution in [1.29, 1.82) is 0 Å². The van der Waals surface area contributed by atoms with Crippen LogP contribution in [0.4, 0.5) is 5.95 Å². The van der Waals surface area contributed by atoms with Crippen molar-refractivity contribution in [2.24, 2.45) is 0 Å². The molecular weight excluding hydrogens is 278 g/mol. The number of sulfonamides is 1. The van der Waals surface area contributed by atoms with E-state index in [1.54, 1.807) is 7.05 Å². The molecule has 0 bridgehead atoms. The maximum absolute atomic E-state index is 12.6. The minimum atomic E-state index is -3.57. The molecular formula is C12H23N5O2S. The van der Waals surface area contributed by atoms with E-state index in [9.17, 15) is 8.42 Å². The van der Waals surface area contributed by atoms with Gasteiger partial charge in [0.2, 0.25) is 16.0 Å². The summed E-state index contributed by atoms with van der Waals surface area (Å²) in [4.78, 5) is 10.0.